The van der Waals surface area contributed by atoms with Crippen LogP contribution >= 0.6 is 11.3 Å². The molecule has 0 fully saturated rings. The van der Waals surface area contributed by atoms with Gasteiger partial charge in [-0.05, 0) is 12.5 Å². The Hall–Kier alpha value is -1.98. The number of aliphatic hydroxyl groups excluding tert-OH is 1. The number of hydrogen-bond acceptors (Lipinski definition) is 5. The zero-order valence-electron chi connectivity index (χ0n) is 11.1. The maximum atomic E-state index is 9.00. The zero-order chi connectivity index (χ0) is 13.9. The molecule has 5 heteroatoms. The van der Waals surface area contributed by atoms with E-state index in [9.17, 15) is 0 Å². The summed E-state index contributed by atoms with van der Waals surface area (Å²) in [6, 6.07) is 10.2. The van der Waals surface area contributed by atoms with Gasteiger partial charge in [0.05, 0.1) is 12.0 Å². The highest BCUT2D eigenvalue weighted by Crippen LogP contribution is 2.36. The molecule has 0 aliphatic carbocycles. The predicted molar refractivity (Wildman–Crippen MR) is 83.2 cm³/mol. The second kappa shape index (κ2) is 5.56. The van der Waals surface area contributed by atoms with Crippen molar-refractivity contribution in [3.8, 4) is 11.1 Å². The third kappa shape index (κ3) is 2.37. The lowest BCUT2D eigenvalue weighted by Crippen LogP contribution is -2.08. The molecular formula is C15H15N3OS. The van der Waals surface area contributed by atoms with Crippen molar-refractivity contribution in [3.05, 3.63) is 41.5 Å². The summed E-state index contributed by atoms with van der Waals surface area (Å²) >= 11 is 1.62. The Labute approximate surface area is 121 Å². The average Bonchev–Trinajstić information content (AvgIpc) is 2.89. The van der Waals surface area contributed by atoms with Crippen molar-refractivity contribution in [1.29, 1.82) is 0 Å². The molecule has 3 rings (SSSR count). The first kappa shape index (κ1) is 13.0. The van der Waals surface area contributed by atoms with Crippen molar-refractivity contribution in [1.82, 2.24) is 9.97 Å². The van der Waals surface area contributed by atoms with Gasteiger partial charge in [-0.1, -0.05) is 30.3 Å². The molecule has 0 saturated heterocycles. The van der Waals surface area contributed by atoms with Gasteiger partial charge >= 0.3 is 0 Å². The van der Waals surface area contributed by atoms with Gasteiger partial charge in [-0.2, -0.15) is 0 Å². The fourth-order valence-electron chi connectivity index (χ4n) is 2.18. The molecule has 20 heavy (non-hydrogen) atoms. The molecule has 3 aromatic rings. The number of rotatable bonds is 4. The highest BCUT2D eigenvalue weighted by Gasteiger charge is 2.13. The van der Waals surface area contributed by atoms with Crippen LogP contribution in [0.1, 0.15) is 5.82 Å². The highest BCUT2D eigenvalue weighted by atomic mass is 32.1. The van der Waals surface area contributed by atoms with Gasteiger partial charge in [-0.25, -0.2) is 9.97 Å². The van der Waals surface area contributed by atoms with E-state index in [1.54, 1.807) is 11.3 Å². The molecule has 102 valence electrons. The van der Waals surface area contributed by atoms with Gasteiger partial charge in [0.25, 0.3) is 0 Å². The van der Waals surface area contributed by atoms with E-state index in [0.717, 1.165) is 33.0 Å². The summed E-state index contributed by atoms with van der Waals surface area (Å²) in [5.41, 5.74) is 2.28. The van der Waals surface area contributed by atoms with E-state index < -0.39 is 0 Å². The van der Waals surface area contributed by atoms with E-state index in [1.807, 2.05) is 25.1 Å². The minimum atomic E-state index is 0.0787. The smallest absolute Gasteiger partial charge is 0.139 e. The number of aryl methyl sites for hydroxylation is 1. The van der Waals surface area contributed by atoms with Crippen molar-refractivity contribution in [2.75, 3.05) is 18.5 Å². The normalized spacial score (nSPS) is 10.9. The van der Waals surface area contributed by atoms with Crippen LogP contribution in [0.2, 0.25) is 0 Å². The van der Waals surface area contributed by atoms with Crippen molar-refractivity contribution in [2.45, 2.75) is 6.92 Å². The lowest BCUT2D eigenvalue weighted by Gasteiger charge is -2.08. The van der Waals surface area contributed by atoms with Crippen molar-refractivity contribution >= 4 is 27.4 Å². The van der Waals surface area contributed by atoms with Gasteiger partial charge in [0, 0.05) is 17.5 Å². The molecule has 0 atom stereocenters. The monoisotopic (exact) mass is 285 g/mol. The van der Waals surface area contributed by atoms with E-state index in [4.69, 9.17) is 5.11 Å². The summed E-state index contributed by atoms with van der Waals surface area (Å²) in [6.45, 7) is 2.44. The molecule has 0 amide bonds. The van der Waals surface area contributed by atoms with Crippen molar-refractivity contribution in [2.24, 2.45) is 0 Å². The van der Waals surface area contributed by atoms with Gasteiger partial charge in [0.15, 0.2) is 0 Å². The standard InChI is InChI=1S/C15H15N3OS/c1-10-17-14(16-7-8-19)13-12(9-20-15(13)18-10)11-5-3-2-4-6-11/h2-6,9,19H,7-8H2,1H3,(H,16,17,18). The third-order valence-corrected chi connectivity index (χ3v) is 3.91. The van der Waals surface area contributed by atoms with E-state index in [2.05, 4.69) is 32.8 Å². The Bertz CT molecular complexity index is 725. The molecule has 1 aromatic carbocycles. The van der Waals surface area contributed by atoms with Crippen LogP contribution in [-0.2, 0) is 0 Å². The molecule has 4 nitrogen and oxygen atoms in total. The number of aromatic nitrogens is 2. The lowest BCUT2D eigenvalue weighted by molar-refractivity contribution is 0.311. The van der Waals surface area contributed by atoms with Gasteiger partial charge in [-0.15, -0.1) is 11.3 Å². The van der Waals surface area contributed by atoms with E-state index in [-0.39, 0.29) is 6.61 Å². The first-order chi connectivity index (χ1) is 9.79. The van der Waals surface area contributed by atoms with Gasteiger partial charge in [0.1, 0.15) is 16.5 Å². The van der Waals surface area contributed by atoms with Gasteiger partial charge in [0.2, 0.25) is 0 Å². The van der Waals surface area contributed by atoms with Crippen LogP contribution in [0.3, 0.4) is 0 Å². The van der Waals surface area contributed by atoms with Crippen LogP contribution in [-0.4, -0.2) is 28.2 Å². The molecule has 2 aromatic heterocycles. The minimum Gasteiger partial charge on any atom is -0.395 e. The fourth-order valence-corrected chi connectivity index (χ4v) is 3.17. The summed E-state index contributed by atoms with van der Waals surface area (Å²) in [6.07, 6.45) is 0. The van der Waals surface area contributed by atoms with Crippen LogP contribution in [0.15, 0.2) is 35.7 Å². The minimum absolute atomic E-state index is 0.0787. The second-order valence-electron chi connectivity index (χ2n) is 4.47. The van der Waals surface area contributed by atoms with Crippen molar-refractivity contribution < 1.29 is 5.11 Å². The molecule has 0 saturated carbocycles. The van der Waals surface area contributed by atoms with Gasteiger partial charge < -0.3 is 10.4 Å². The maximum absolute atomic E-state index is 9.00. The first-order valence-corrected chi connectivity index (χ1v) is 7.33. The summed E-state index contributed by atoms with van der Waals surface area (Å²) in [5, 5.41) is 15.3. The molecule has 0 bridgehead atoms. The van der Waals surface area contributed by atoms with Crippen LogP contribution < -0.4 is 5.32 Å². The summed E-state index contributed by atoms with van der Waals surface area (Å²) in [5.74, 6) is 1.53. The number of anilines is 1. The first-order valence-electron chi connectivity index (χ1n) is 6.45. The quantitative estimate of drug-likeness (QED) is 0.773. The Kier molecular flexibility index (Phi) is 3.62. The van der Waals surface area contributed by atoms with Crippen LogP contribution in [0.25, 0.3) is 21.3 Å². The summed E-state index contributed by atoms with van der Waals surface area (Å²) in [7, 11) is 0. The Morgan fingerprint density at radius 3 is 2.75 bits per heavy atom. The third-order valence-electron chi connectivity index (χ3n) is 3.03. The topological polar surface area (TPSA) is 58.0 Å². The maximum Gasteiger partial charge on any atom is 0.139 e. The molecule has 0 spiro atoms. The summed E-state index contributed by atoms with van der Waals surface area (Å²) < 4.78 is 0. The second-order valence-corrected chi connectivity index (χ2v) is 5.32. The zero-order valence-corrected chi connectivity index (χ0v) is 11.9. The largest absolute Gasteiger partial charge is 0.395 e. The Balaban J connectivity index is 2.19. The van der Waals surface area contributed by atoms with Crippen LogP contribution in [0.4, 0.5) is 5.82 Å². The van der Waals surface area contributed by atoms with Crippen LogP contribution in [0, 0.1) is 6.92 Å². The molecule has 0 aliphatic rings. The van der Waals surface area contributed by atoms with Gasteiger partial charge in [-0.3, -0.25) is 0 Å². The molecule has 2 heterocycles. The molecular weight excluding hydrogens is 270 g/mol. The number of benzene rings is 1. The number of aliphatic hydroxyl groups is 1. The molecule has 0 radical (unpaired) electrons. The average molecular weight is 285 g/mol. The molecule has 2 N–H and O–H groups in total. The Morgan fingerprint density at radius 2 is 2.00 bits per heavy atom. The molecule has 0 aliphatic heterocycles. The van der Waals surface area contributed by atoms with E-state index in [1.165, 1.54) is 0 Å². The fraction of sp³-hybridized carbons (Fsp3) is 0.200. The number of fused-ring (bicyclic) bond motifs is 1. The van der Waals surface area contributed by atoms with E-state index >= 15 is 0 Å². The van der Waals surface area contributed by atoms with Crippen molar-refractivity contribution in [3.63, 3.8) is 0 Å². The predicted octanol–water partition coefficient (Wildman–Crippen LogP) is 3.07. The SMILES string of the molecule is Cc1nc(NCCO)c2c(-c3ccccc3)csc2n1. The summed E-state index contributed by atoms with van der Waals surface area (Å²) in [4.78, 5) is 9.94. The highest BCUT2D eigenvalue weighted by molar-refractivity contribution is 7.17. The number of thiophene rings is 1. The number of nitrogens with zero attached hydrogens (tertiary/aromatic N) is 2. The number of nitrogens with one attached hydrogen (secondary N) is 1. The molecule has 0 unspecified atom stereocenters. The van der Waals surface area contributed by atoms with E-state index in [0.29, 0.717) is 6.54 Å². The lowest BCUT2D eigenvalue weighted by atomic mass is 10.1. The Morgan fingerprint density at radius 1 is 1.20 bits per heavy atom. The van der Waals surface area contributed by atoms with Crippen LogP contribution in [0.5, 0.6) is 0 Å². The number of hydrogen-bond donors (Lipinski definition) is 2.